The second-order valence-electron chi connectivity index (χ2n) is 5.28. The monoisotopic (exact) mass is 337 g/mol. The predicted octanol–water partition coefficient (Wildman–Crippen LogP) is 2.31. The van der Waals surface area contributed by atoms with E-state index in [-0.39, 0.29) is 31.1 Å². The van der Waals surface area contributed by atoms with Crippen molar-refractivity contribution < 1.29 is 23.1 Å². The number of rotatable bonds is 4. The van der Waals surface area contributed by atoms with Crippen molar-refractivity contribution in [2.75, 3.05) is 6.54 Å². The highest BCUT2D eigenvalue weighted by Gasteiger charge is 2.33. The van der Waals surface area contributed by atoms with Crippen molar-refractivity contribution in [2.45, 2.75) is 50.4 Å². The third kappa shape index (κ3) is 5.13. The molecule has 2 amide bonds. The van der Waals surface area contributed by atoms with E-state index in [4.69, 9.17) is 0 Å². The highest BCUT2D eigenvalue weighted by atomic mass is 32.1. The molecule has 0 atom stereocenters. The van der Waals surface area contributed by atoms with Crippen molar-refractivity contribution in [2.24, 2.45) is 0 Å². The number of halogens is 3. The Kier molecular flexibility index (Phi) is 5.63. The summed E-state index contributed by atoms with van der Waals surface area (Å²) in [4.78, 5) is 15.2. The van der Waals surface area contributed by atoms with Crippen LogP contribution in [-0.2, 0) is 12.6 Å². The average Bonchev–Trinajstić information content (AvgIpc) is 2.90. The van der Waals surface area contributed by atoms with Crippen LogP contribution >= 0.6 is 11.3 Å². The zero-order chi connectivity index (χ0) is 16.2. The van der Waals surface area contributed by atoms with E-state index in [1.165, 1.54) is 0 Å². The molecular weight excluding hydrogens is 319 g/mol. The summed E-state index contributed by atoms with van der Waals surface area (Å²) in [5, 5.41) is 16.1. The molecule has 1 aliphatic rings. The third-order valence-corrected chi connectivity index (χ3v) is 4.41. The number of nitrogens with zero attached hydrogens (tertiary/aromatic N) is 1. The van der Waals surface area contributed by atoms with Gasteiger partial charge in [-0.3, -0.25) is 0 Å². The maximum Gasteiger partial charge on any atom is 0.434 e. The Balaban J connectivity index is 1.67. The highest BCUT2D eigenvalue weighted by molar-refractivity contribution is 7.09. The van der Waals surface area contributed by atoms with Crippen LogP contribution in [0, 0.1) is 0 Å². The minimum atomic E-state index is -4.43. The maximum absolute atomic E-state index is 12.4. The topological polar surface area (TPSA) is 74.2 Å². The summed E-state index contributed by atoms with van der Waals surface area (Å²) in [5.41, 5.74) is -0.891. The van der Waals surface area contributed by atoms with Gasteiger partial charge in [0.05, 0.1) is 11.1 Å². The Morgan fingerprint density at radius 3 is 2.64 bits per heavy atom. The van der Waals surface area contributed by atoms with E-state index in [0.717, 1.165) is 29.6 Å². The second-order valence-corrected chi connectivity index (χ2v) is 6.22. The number of urea groups is 1. The molecule has 0 saturated heterocycles. The van der Waals surface area contributed by atoms with Gasteiger partial charge in [0.25, 0.3) is 0 Å². The number of alkyl halides is 3. The number of aliphatic hydroxyl groups is 1. The van der Waals surface area contributed by atoms with E-state index in [9.17, 15) is 23.1 Å². The molecule has 1 aromatic rings. The molecular formula is C13H18F3N3O2S. The van der Waals surface area contributed by atoms with Crippen molar-refractivity contribution >= 4 is 17.4 Å². The molecule has 1 saturated carbocycles. The van der Waals surface area contributed by atoms with Crippen molar-refractivity contribution in [3.05, 3.63) is 16.1 Å². The van der Waals surface area contributed by atoms with Crippen LogP contribution < -0.4 is 10.6 Å². The smallest absolute Gasteiger partial charge is 0.393 e. The number of aromatic nitrogens is 1. The zero-order valence-electron chi connectivity index (χ0n) is 11.8. The first kappa shape index (κ1) is 17.0. The van der Waals surface area contributed by atoms with Crippen LogP contribution in [0.15, 0.2) is 5.38 Å². The molecule has 1 aliphatic carbocycles. The summed E-state index contributed by atoms with van der Waals surface area (Å²) in [6, 6.07) is -0.297. The molecule has 0 aromatic carbocycles. The van der Waals surface area contributed by atoms with Crippen molar-refractivity contribution in [1.29, 1.82) is 0 Å². The Labute approximate surface area is 129 Å². The lowest BCUT2D eigenvalue weighted by atomic mass is 9.93. The van der Waals surface area contributed by atoms with Gasteiger partial charge in [-0.2, -0.15) is 13.2 Å². The fraction of sp³-hybridized carbons (Fsp3) is 0.692. The van der Waals surface area contributed by atoms with Crippen LogP contribution in [0.5, 0.6) is 0 Å². The van der Waals surface area contributed by atoms with E-state index < -0.39 is 11.9 Å². The number of carbonyl (C=O) groups excluding carboxylic acids is 1. The molecule has 22 heavy (non-hydrogen) atoms. The van der Waals surface area contributed by atoms with Gasteiger partial charge < -0.3 is 15.7 Å². The lowest BCUT2D eigenvalue weighted by Crippen LogP contribution is -2.44. The van der Waals surface area contributed by atoms with Gasteiger partial charge in [0.1, 0.15) is 0 Å². The maximum atomic E-state index is 12.4. The lowest BCUT2D eigenvalue weighted by molar-refractivity contribution is -0.140. The third-order valence-electron chi connectivity index (χ3n) is 3.50. The SMILES string of the molecule is O=C(NCCc1nc(C(F)(F)F)cs1)NC1CCC(O)CC1. The summed E-state index contributed by atoms with van der Waals surface area (Å²) >= 11 is 0.933. The Bertz CT molecular complexity index is 499. The van der Waals surface area contributed by atoms with Gasteiger partial charge in [-0.05, 0) is 25.7 Å². The summed E-state index contributed by atoms with van der Waals surface area (Å²) in [6.07, 6.45) is -1.64. The molecule has 9 heteroatoms. The van der Waals surface area contributed by atoms with Gasteiger partial charge in [-0.25, -0.2) is 9.78 Å². The molecule has 3 N–H and O–H groups in total. The van der Waals surface area contributed by atoms with Gasteiger partial charge in [0.15, 0.2) is 5.69 Å². The molecule has 0 spiro atoms. The number of amides is 2. The predicted molar refractivity (Wildman–Crippen MR) is 75.6 cm³/mol. The average molecular weight is 337 g/mol. The number of thiazole rings is 1. The lowest BCUT2D eigenvalue weighted by Gasteiger charge is -2.26. The first-order valence-corrected chi connectivity index (χ1v) is 7.96. The largest absolute Gasteiger partial charge is 0.434 e. The molecule has 1 heterocycles. The van der Waals surface area contributed by atoms with E-state index in [1.54, 1.807) is 0 Å². The molecule has 0 radical (unpaired) electrons. The van der Waals surface area contributed by atoms with Gasteiger partial charge in [-0.15, -0.1) is 11.3 Å². The highest BCUT2D eigenvalue weighted by Crippen LogP contribution is 2.30. The fourth-order valence-electron chi connectivity index (χ4n) is 2.30. The van der Waals surface area contributed by atoms with Crippen LogP contribution in [-0.4, -0.2) is 34.8 Å². The van der Waals surface area contributed by atoms with Gasteiger partial charge >= 0.3 is 12.2 Å². The van der Waals surface area contributed by atoms with Crippen LogP contribution in [0.1, 0.15) is 36.4 Å². The molecule has 0 aliphatic heterocycles. The van der Waals surface area contributed by atoms with Gasteiger partial charge in [-0.1, -0.05) is 0 Å². The molecule has 124 valence electrons. The fourth-order valence-corrected chi connectivity index (χ4v) is 3.10. The van der Waals surface area contributed by atoms with Crippen molar-refractivity contribution in [1.82, 2.24) is 15.6 Å². The Hall–Kier alpha value is -1.35. The second kappa shape index (κ2) is 7.28. The van der Waals surface area contributed by atoms with E-state index >= 15 is 0 Å². The van der Waals surface area contributed by atoms with E-state index in [0.29, 0.717) is 17.8 Å². The Morgan fingerprint density at radius 1 is 1.36 bits per heavy atom. The normalized spacial score (nSPS) is 22.4. The molecule has 1 fully saturated rings. The van der Waals surface area contributed by atoms with Gasteiger partial charge in [0.2, 0.25) is 0 Å². The first-order chi connectivity index (χ1) is 10.3. The Morgan fingerprint density at radius 2 is 2.05 bits per heavy atom. The number of aliphatic hydroxyl groups excluding tert-OH is 1. The molecule has 1 aromatic heterocycles. The molecule has 0 bridgehead atoms. The van der Waals surface area contributed by atoms with Crippen LogP contribution in [0.3, 0.4) is 0 Å². The number of hydrogen-bond acceptors (Lipinski definition) is 4. The molecule has 2 rings (SSSR count). The molecule has 5 nitrogen and oxygen atoms in total. The van der Waals surface area contributed by atoms with Crippen LogP contribution in [0.25, 0.3) is 0 Å². The standard InChI is InChI=1S/C13H18F3N3O2S/c14-13(15,16)10-7-22-11(19-10)5-6-17-12(21)18-8-1-3-9(20)4-2-8/h7-9,20H,1-6H2,(H2,17,18,21). The summed E-state index contributed by atoms with van der Waals surface area (Å²) in [7, 11) is 0. The number of carbonyl (C=O) groups is 1. The van der Waals surface area contributed by atoms with Crippen LogP contribution in [0.4, 0.5) is 18.0 Å². The molecule has 0 unspecified atom stereocenters. The van der Waals surface area contributed by atoms with Gasteiger partial charge in [0, 0.05) is 24.4 Å². The van der Waals surface area contributed by atoms with Crippen LogP contribution in [0.2, 0.25) is 0 Å². The number of nitrogens with one attached hydrogen (secondary N) is 2. The van der Waals surface area contributed by atoms with Crippen molar-refractivity contribution in [3.63, 3.8) is 0 Å². The minimum absolute atomic E-state index is 0.0418. The zero-order valence-corrected chi connectivity index (χ0v) is 12.6. The quantitative estimate of drug-likeness (QED) is 0.789. The first-order valence-electron chi connectivity index (χ1n) is 7.08. The van der Waals surface area contributed by atoms with E-state index in [2.05, 4.69) is 15.6 Å². The number of hydrogen-bond donors (Lipinski definition) is 3. The van der Waals surface area contributed by atoms with E-state index in [1.807, 2.05) is 0 Å². The van der Waals surface area contributed by atoms with Crippen molar-refractivity contribution in [3.8, 4) is 0 Å². The summed E-state index contributed by atoms with van der Waals surface area (Å²) in [6.45, 7) is 0.228. The summed E-state index contributed by atoms with van der Waals surface area (Å²) < 4.78 is 37.2. The summed E-state index contributed by atoms with van der Waals surface area (Å²) in [5.74, 6) is 0. The minimum Gasteiger partial charge on any atom is -0.393 e.